The van der Waals surface area contributed by atoms with Crippen molar-refractivity contribution < 1.29 is 9.53 Å². The Bertz CT molecular complexity index is 1250. The van der Waals surface area contributed by atoms with E-state index in [2.05, 4.69) is 12.6 Å². The van der Waals surface area contributed by atoms with Gasteiger partial charge < -0.3 is 4.74 Å². The quantitative estimate of drug-likeness (QED) is 0.250. The van der Waals surface area contributed by atoms with Gasteiger partial charge in [0.2, 0.25) is 0 Å². The lowest BCUT2D eigenvalue weighted by Crippen LogP contribution is -2.11. The summed E-state index contributed by atoms with van der Waals surface area (Å²) in [5.74, 6) is 0.105. The number of carbonyl (C=O) groups is 1. The van der Waals surface area contributed by atoms with Crippen LogP contribution in [0.1, 0.15) is 32.6 Å². The van der Waals surface area contributed by atoms with Gasteiger partial charge in [-0.3, -0.25) is 0 Å². The van der Waals surface area contributed by atoms with Crippen molar-refractivity contribution in [1.29, 1.82) is 10.5 Å². The van der Waals surface area contributed by atoms with Crippen LogP contribution in [-0.2, 0) is 4.74 Å². The summed E-state index contributed by atoms with van der Waals surface area (Å²) in [6.45, 7) is 4.35. The molecule has 1 aliphatic carbocycles. The molecule has 0 spiro atoms. The predicted octanol–water partition coefficient (Wildman–Crippen LogP) is 5.42. The summed E-state index contributed by atoms with van der Waals surface area (Å²) >= 11 is 1.60. The van der Waals surface area contributed by atoms with Gasteiger partial charge in [0.25, 0.3) is 0 Å². The highest BCUT2D eigenvalue weighted by molar-refractivity contribution is 7.99. The van der Waals surface area contributed by atoms with E-state index in [1.54, 1.807) is 11.8 Å². The largest absolute Gasteiger partial charge is 0.461 e. The van der Waals surface area contributed by atoms with E-state index in [4.69, 9.17) is 4.74 Å². The molecule has 0 N–H and O–H groups in total. The minimum absolute atomic E-state index is 0.149. The van der Waals surface area contributed by atoms with Gasteiger partial charge in [-0.05, 0) is 34.9 Å². The lowest BCUT2D eigenvalue weighted by molar-refractivity contribution is 0.0531. The van der Waals surface area contributed by atoms with Gasteiger partial charge in [-0.1, -0.05) is 49.0 Å². The minimum atomic E-state index is -0.509. The third-order valence-electron chi connectivity index (χ3n) is 4.93. The smallest absolute Gasteiger partial charge is 0.338 e. The van der Waals surface area contributed by atoms with Gasteiger partial charge in [0.05, 0.1) is 16.7 Å². The van der Waals surface area contributed by atoms with Crippen molar-refractivity contribution in [3.8, 4) is 23.3 Å². The van der Waals surface area contributed by atoms with Crippen molar-refractivity contribution in [2.24, 2.45) is 0 Å². The van der Waals surface area contributed by atoms with Crippen LogP contribution in [0.3, 0.4) is 0 Å². The second kappa shape index (κ2) is 8.29. The molecule has 3 aromatic rings. The first-order chi connectivity index (χ1) is 14.7. The molecule has 0 saturated heterocycles. The summed E-state index contributed by atoms with van der Waals surface area (Å²) in [4.78, 5) is 14.0. The van der Waals surface area contributed by atoms with Gasteiger partial charge in [-0.15, -0.1) is 11.8 Å². The summed E-state index contributed by atoms with van der Waals surface area (Å²) < 4.78 is 5.52. The number of hydrogen-bond acceptors (Lipinski definition) is 5. The Hall–Kier alpha value is -3.80. The van der Waals surface area contributed by atoms with Crippen LogP contribution in [0.25, 0.3) is 16.7 Å². The maximum atomic E-state index is 12.9. The number of esters is 1. The average molecular weight is 408 g/mol. The highest BCUT2D eigenvalue weighted by atomic mass is 32.2. The lowest BCUT2D eigenvalue weighted by Gasteiger charge is -2.12. The number of benzene rings is 3. The van der Waals surface area contributed by atoms with E-state index in [1.165, 1.54) is 6.07 Å². The number of hydrogen-bond donors (Lipinski definition) is 0. The molecule has 30 heavy (non-hydrogen) atoms. The fourth-order valence-electron chi connectivity index (χ4n) is 3.62. The molecule has 0 amide bonds. The average Bonchev–Trinajstić information content (AvgIpc) is 3.09. The van der Waals surface area contributed by atoms with Crippen molar-refractivity contribution in [2.45, 2.75) is 4.90 Å². The second-order valence-electron chi connectivity index (χ2n) is 6.64. The number of carbonyl (C=O) groups excluding carboxylic acids is 1. The Kier molecular flexibility index (Phi) is 5.39. The van der Waals surface area contributed by atoms with Crippen LogP contribution in [0.2, 0.25) is 0 Å². The van der Waals surface area contributed by atoms with Crippen molar-refractivity contribution >= 4 is 23.3 Å². The van der Waals surface area contributed by atoms with Crippen molar-refractivity contribution in [3.05, 3.63) is 95.1 Å². The summed E-state index contributed by atoms with van der Waals surface area (Å²) in [6, 6.07) is 23.0. The molecule has 0 fully saturated rings. The van der Waals surface area contributed by atoms with E-state index >= 15 is 0 Å². The normalized spacial score (nSPS) is 11.2. The first kappa shape index (κ1) is 19.5. The SMILES string of the molecule is C=C1c2ccccc2-c2c(C(=O)OCCSc3ccccc3)cc(C#N)c(C#N)c21. The van der Waals surface area contributed by atoms with Crippen molar-refractivity contribution in [2.75, 3.05) is 12.4 Å². The highest BCUT2D eigenvalue weighted by Gasteiger charge is 2.32. The summed E-state index contributed by atoms with van der Waals surface area (Å²) in [7, 11) is 0. The van der Waals surface area contributed by atoms with E-state index in [9.17, 15) is 15.3 Å². The van der Waals surface area contributed by atoms with E-state index in [1.807, 2.05) is 60.7 Å². The molecule has 4 nitrogen and oxygen atoms in total. The van der Waals surface area contributed by atoms with Gasteiger partial charge in [0.1, 0.15) is 18.7 Å². The van der Waals surface area contributed by atoms with Crippen LogP contribution >= 0.6 is 11.8 Å². The first-order valence-corrected chi connectivity index (χ1v) is 10.3. The summed E-state index contributed by atoms with van der Waals surface area (Å²) in [5, 5.41) is 19.2. The van der Waals surface area contributed by atoms with E-state index in [0.29, 0.717) is 22.5 Å². The van der Waals surface area contributed by atoms with Crippen LogP contribution in [0.4, 0.5) is 0 Å². The van der Waals surface area contributed by atoms with Gasteiger partial charge in [0.15, 0.2) is 0 Å². The number of ether oxygens (including phenoxy) is 1. The monoisotopic (exact) mass is 408 g/mol. The molecular weight excluding hydrogens is 392 g/mol. The molecular formula is C25H16N2O2S. The molecule has 5 heteroatoms. The van der Waals surface area contributed by atoms with Crippen LogP contribution in [0, 0.1) is 22.7 Å². The molecule has 144 valence electrons. The number of rotatable bonds is 5. The van der Waals surface area contributed by atoms with Gasteiger partial charge in [-0.25, -0.2) is 4.79 Å². The maximum absolute atomic E-state index is 12.9. The van der Waals surface area contributed by atoms with Crippen LogP contribution in [0.15, 0.2) is 72.1 Å². The van der Waals surface area contributed by atoms with Crippen LogP contribution < -0.4 is 0 Å². The Morgan fingerprint density at radius 2 is 1.67 bits per heavy atom. The minimum Gasteiger partial charge on any atom is -0.461 e. The van der Waals surface area contributed by atoms with Gasteiger partial charge in [0, 0.05) is 21.8 Å². The molecule has 0 atom stereocenters. The maximum Gasteiger partial charge on any atom is 0.338 e. The Morgan fingerprint density at radius 3 is 2.37 bits per heavy atom. The van der Waals surface area contributed by atoms with Crippen molar-refractivity contribution in [1.82, 2.24) is 0 Å². The molecule has 3 aromatic carbocycles. The molecule has 1 aliphatic rings. The van der Waals surface area contributed by atoms with E-state index < -0.39 is 5.97 Å². The molecule has 0 heterocycles. The van der Waals surface area contributed by atoms with Crippen molar-refractivity contribution in [3.63, 3.8) is 0 Å². The Labute approximate surface area is 179 Å². The third kappa shape index (κ3) is 3.37. The molecule has 0 bridgehead atoms. The molecule has 0 unspecified atom stereocenters. The molecule has 4 rings (SSSR count). The zero-order valence-corrected chi connectivity index (χ0v) is 16.8. The fourth-order valence-corrected chi connectivity index (χ4v) is 4.37. The van der Waals surface area contributed by atoms with Crippen LogP contribution in [-0.4, -0.2) is 18.3 Å². The number of thioether (sulfide) groups is 1. The highest BCUT2D eigenvalue weighted by Crippen LogP contribution is 2.47. The Morgan fingerprint density at radius 1 is 0.967 bits per heavy atom. The predicted molar refractivity (Wildman–Crippen MR) is 117 cm³/mol. The summed E-state index contributed by atoms with van der Waals surface area (Å²) in [5.41, 5.74) is 4.16. The molecule has 0 aromatic heterocycles. The molecule has 0 saturated carbocycles. The number of nitrogens with zero attached hydrogens (tertiary/aromatic N) is 2. The number of nitriles is 2. The third-order valence-corrected chi connectivity index (χ3v) is 5.91. The summed E-state index contributed by atoms with van der Waals surface area (Å²) in [6.07, 6.45) is 0. The zero-order chi connectivity index (χ0) is 21.1. The zero-order valence-electron chi connectivity index (χ0n) is 16.0. The van der Waals surface area contributed by atoms with E-state index in [0.717, 1.165) is 16.0 Å². The van der Waals surface area contributed by atoms with E-state index in [-0.39, 0.29) is 23.3 Å². The second-order valence-corrected chi connectivity index (χ2v) is 7.81. The molecule has 0 aliphatic heterocycles. The fraction of sp³-hybridized carbons (Fsp3) is 0.0800. The van der Waals surface area contributed by atoms with Gasteiger partial charge >= 0.3 is 5.97 Å². The molecule has 0 radical (unpaired) electrons. The lowest BCUT2D eigenvalue weighted by atomic mass is 9.91. The first-order valence-electron chi connectivity index (χ1n) is 9.31. The number of fused-ring (bicyclic) bond motifs is 3. The standard InChI is InChI=1S/C25H16N2O2S/c1-16-19-9-5-6-10-20(19)24-21(13-17(14-26)22(15-27)23(16)24)25(28)29-11-12-30-18-7-3-2-4-8-18/h2-10,13H,1,11-12H2. The Balaban J connectivity index is 1.66. The topological polar surface area (TPSA) is 73.9 Å². The van der Waals surface area contributed by atoms with Gasteiger partial charge in [-0.2, -0.15) is 10.5 Å². The van der Waals surface area contributed by atoms with Crippen LogP contribution in [0.5, 0.6) is 0 Å².